The number of anilines is 2. The molecule has 20 heavy (non-hydrogen) atoms. The van der Waals surface area contributed by atoms with E-state index >= 15 is 0 Å². The highest BCUT2D eigenvalue weighted by atomic mass is 16.2. The Kier molecular flexibility index (Phi) is 3.14. The fraction of sp³-hybridized carbons (Fsp3) is 0.250. The topological polar surface area (TPSA) is 59.2 Å². The number of pyridine rings is 1. The van der Waals surface area contributed by atoms with E-state index in [1.165, 1.54) is 5.56 Å². The van der Waals surface area contributed by atoms with Gasteiger partial charge in [0.25, 0.3) is 5.91 Å². The molecule has 0 bridgehead atoms. The molecule has 0 saturated carbocycles. The average Bonchev–Trinajstić information content (AvgIpc) is 2.46. The molecule has 1 aliphatic rings. The Hall–Kier alpha value is -2.36. The monoisotopic (exact) mass is 267 g/mol. The Morgan fingerprint density at radius 2 is 2.10 bits per heavy atom. The number of nitrogen functional groups attached to an aromatic ring is 1. The van der Waals surface area contributed by atoms with Gasteiger partial charge in [-0.3, -0.25) is 4.79 Å². The lowest BCUT2D eigenvalue weighted by molar-refractivity contribution is 0.0981. The number of carbonyl (C=O) groups is 1. The zero-order valence-corrected chi connectivity index (χ0v) is 11.4. The second kappa shape index (κ2) is 4.96. The molecule has 1 unspecified atom stereocenters. The van der Waals surface area contributed by atoms with Crippen LogP contribution < -0.4 is 10.6 Å². The number of nitrogens with two attached hydrogens (primary N) is 1. The van der Waals surface area contributed by atoms with Gasteiger partial charge >= 0.3 is 0 Å². The van der Waals surface area contributed by atoms with Crippen LogP contribution in [0.5, 0.6) is 0 Å². The number of carbonyl (C=O) groups excluding carboxylic acids is 1. The minimum atomic E-state index is -0.0744. The van der Waals surface area contributed by atoms with Gasteiger partial charge in [0, 0.05) is 18.4 Å². The Morgan fingerprint density at radius 3 is 2.90 bits per heavy atom. The van der Waals surface area contributed by atoms with E-state index in [0.29, 0.717) is 18.0 Å². The van der Waals surface area contributed by atoms with Gasteiger partial charge in [0.2, 0.25) is 0 Å². The molecule has 4 heteroatoms. The fourth-order valence-corrected chi connectivity index (χ4v) is 2.73. The Morgan fingerprint density at radius 1 is 1.30 bits per heavy atom. The van der Waals surface area contributed by atoms with Crippen molar-refractivity contribution >= 4 is 17.4 Å². The number of fused-ring (bicyclic) bond motifs is 1. The van der Waals surface area contributed by atoms with E-state index in [9.17, 15) is 4.79 Å². The molecule has 1 atom stereocenters. The second-order valence-corrected chi connectivity index (χ2v) is 5.29. The molecule has 1 aromatic heterocycles. The normalized spacial score (nSPS) is 17.6. The zero-order valence-electron chi connectivity index (χ0n) is 11.4. The van der Waals surface area contributed by atoms with Gasteiger partial charge in [-0.15, -0.1) is 0 Å². The van der Waals surface area contributed by atoms with E-state index in [4.69, 9.17) is 5.73 Å². The summed E-state index contributed by atoms with van der Waals surface area (Å²) >= 11 is 0. The molecule has 0 fully saturated rings. The Balaban J connectivity index is 2.02. The molecule has 0 radical (unpaired) electrons. The third-order valence-corrected chi connectivity index (χ3v) is 3.66. The number of para-hydroxylation sites is 1. The maximum atomic E-state index is 12.7. The number of rotatable bonds is 1. The standard InChI is InChI=1S/C16H17N3O/c1-11-9-12-5-2-3-7-14(12)19(10-11)16(20)13-6-4-8-18-15(13)17/h2-8,11H,9-10H2,1H3,(H2,17,18). The van der Waals surface area contributed by atoms with Gasteiger partial charge in [0.1, 0.15) is 5.82 Å². The number of benzene rings is 1. The molecule has 0 aliphatic carbocycles. The third kappa shape index (κ3) is 2.13. The molecule has 3 rings (SSSR count). The Bertz CT molecular complexity index is 654. The zero-order chi connectivity index (χ0) is 14.1. The van der Waals surface area contributed by atoms with E-state index in [0.717, 1.165) is 12.1 Å². The largest absolute Gasteiger partial charge is 0.383 e. The van der Waals surface area contributed by atoms with Gasteiger partial charge < -0.3 is 10.6 Å². The highest BCUT2D eigenvalue weighted by Crippen LogP contribution is 2.31. The van der Waals surface area contributed by atoms with Crippen molar-refractivity contribution < 1.29 is 4.79 Å². The first kappa shape index (κ1) is 12.7. The molecular weight excluding hydrogens is 250 g/mol. The lowest BCUT2D eigenvalue weighted by atomic mass is 9.93. The van der Waals surface area contributed by atoms with Gasteiger partial charge in [-0.25, -0.2) is 4.98 Å². The molecule has 0 spiro atoms. The molecule has 2 heterocycles. The molecule has 2 aromatic rings. The molecule has 1 aliphatic heterocycles. The van der Waals surface area contributed by atoms with E-state index in [-0.39, 0.29) is 11.7 Å². The van der Waals surface area contributed by atoms with Crippen LogP contribution in [0.25, 0.3) is 0 Å². The summed E-state index contributed by atoms with van der Waals surface area (Å²) in [6, 6.07) is 11.5. The molecule has 1 amide bonds. The van der Waals surface area contributed by atoms with Crippen LogP contribution >= 0.6 is 0 Å². The highest BCUT2D eigenvalue weighted by molar-refractivity contribution is 6.09. The molecular formula is C16H17N3O. The maximum absolute atomic E-state index is 12.7. The second-order valence-electron chi connectivity index (χ2n) is 5.29. The van der Waals surface area contributed by atoms with Gasteiger partial charge in [-0.1, -0.05) is 25.1 Å². The van der Waals surface area contributed by atoms with Gasteiger partial charge in [-0.05, 0) is 36.1 Å². The van der Waals surface area contributed by atoms with Gasteiger partial charge in [-0.2, -0.15) is 0 Å². The summed E-state index contributed by atoms with van der Waals surface area (Å²) < 4.78 is 0. The Labute approximate surface area is 118 Å². The molecule has 102 valence electrons. The molecule has 1 aromatic carbocycles. The SMILES string of the molecule is CC1Cc2ccccc2N(C(=O)c2cccnc2N)C1. The van der Waals surface area contributed by atoms with E-state index in [2.05, 4.69) is 18.0 Å². The quantitative estimate of drug-likeness (QED) is 0.863. The summed E-state index contributed by atoms with van der Waals surface area (Å²) in [6.45, 7) is 2.87. The molecule has 2 N–H and O–H groups in total. The fourth-order valence-electron chi connectivity index (χ4n) is 2.73. The molecule has 0 saturated heterocycles. The highest BCUT2D eigenvalue weighted by Gasteiger charge is 2.27. The third-order valence-electron chi connectivity index (χ3n) is 3.66. The average molecular weight is 267 g/mol. The predicted molar refractivity (Wildman–Crippen MR) is 79.6 cm³/mol. The first-order chi connectivity index (χ1) is 9.66. The smallest absolute Gasteiger partial charge is 0.262 e. The predicted octanol–water partition coefficient (Wildman–Crippen LogP) is 2.50. The van der Waals surface area contributed by atoms with Crippen molar-refractivity contribution in [3.63, 3.8) is 0 Å². The summed E-state index contributed by atoms with van der Waals surface area (Å²) in [7, 11) is 0. The van der Waals surface area contributed by atoms with Crippen molar-refractivity contribution in [3.05, 3.63) is 53.7 Å². The van der Waals surface area contributed by atoms with Crippen LogP contribution in [-0.4, -0.2) is 17.4 Å². The number of aromatic nitrogens is 1. The van der Waals surface area contributed by atoms with Crippen molar-refractivity contribution in [2.45, 2.75) is 13.3 Å². The van der Waals surface area contributed by atoms with Gasteiger partial charge in [0.15, 0.2) is 0 Å². The maximum Gasteiger partial charge on any atom is 0.262 e. The summed E-state index contributed by atoms with van der Waals surface area (Å²) in [6.07, 6.45) is 2.60. The van der Waals surface area contributed by atoms with Gasteiger partial charge in [0.05, 0.1) is 5.56 Å². The van der Waals surface area contributed by atoms with E-state index in [1.54, 1.807) is 18.3 Å². The van der Waals surface area contributed by atoms with Crippen molar-refractivity contribution in [1.82, 2.24) is 4.98 Å². The first-order valence-corrected chi connectivity index (χ1v) is 6.77. The number of nitrogens with zero attached hydrogens (tertiary/aromatic N) is 2. The number of amides is 1. The van der Waals surface area contributed by atoms with Crippen LogP contribution in [0.15, 0.2) is 42.6 Å². The summed E-state index contributed by atoms with van der Waals surface area (Å²) in [5.74, 6) is 0.648. The first-order valence-electron chi connectivity index (χ1n) is 6.77. The van der Waals surface area contributed by atoms with Crippen molar-refractivity contribution in [1.29, 1.82) is 0 Å². The van der Waals surface area contributed by atoms with Crippen LogP contribution in [0.1, 0.15) is 22.8 Å². The van der Waals surface area contributed by atoms with Crippen LogP contribution in [0.2, 0.25) is 0 Å². The summed E-state index contributed by atoms with van der Waals surface area (Å²) in [5.41, 5.74) is 8.49. The minimum Gasteiger partial charge on any atom is -0.383 e. The van der Waals surface area contributed by atoms with E-state index in [1.807, 2.05) is 23.1 Å². The summed E-state index contributed by atoms with van der Waals surface area (Å²) in [4.78, 5) is 18.6. The molecule has 4 nitrogen and oxygen atoms in total. The van der Waals surface area contributed by atoms with Crippen molar-refractivity contribution in [2.24, 2.45) is 5.92 Å². The van der Waals surface area contributed by atoms with Crippen LogP contribution in [-0.2, 0) is 6.42 Å². The van der Waals surface area contributed by atoms with Crippen molar-refractivity contribution in [3.8, 4) is 0 Å². The van der Waals surface area contributed by atoms with Crippen LogP contribution in [0.4, 0.5) is 11.5 Å². The lowest BCUT2D eigenvalue weighted by Gasteiger charge is -2.33. The van der Waals surface area contributed by atoms with Crippen LogP contribution in [0, 0.1) is 5.92 Å². The van der Waals surface area contributed by atoms with Crippen molar-refractivity contribution in [2.75, 3.05) is 17.2 Å². The summed E-state index contributed by atoms with van der Waals surface area (Å²) in [5, 5.41) is 0. The van der Waals surface area contributed by atoms with Crippen LogP contribution in [0.3, 0.4) is 0 Å². The minimum absolute atomic E-state index is 0.0744. The van der Waals surface area contributed by atoms with E-state index < -0.39 is 0 Å². The lowest BCUT2D eigenvalue weighted by Crippen LogP contribution is -2.39. The number of hydrogen-bond acceptors (Lipinski definition) is 3. The number of hydrogen-bond donors (Lipinski definition) is 1.